The van der Waals surface area contributed by atoms with Crippen LogP contribution in [-0.4, -0.2) is 23.9 Å². The van der Waals surface area contributed by atoms with Gasteiger partial charge in [-0.3, -0.25) is 14.9 Å². The number of hydrogen-bond donors (Lipinski definition) is 2. The van der Waals surface area contributed by atoms with Crippen LogP contribution in [-0.2, 0) is 4.79 Å². The maximum absolute atomic E-state index is 12.5. The SMILES string of the molecule is CCC1(C(=O)Nc2ccc([N+](=O)[O-])cc2)CCCNC1. The van der Waals surface area contributed by atoms with Gasteiger partial charge in [0.1, 0.15) is 0 Å². The highest BCUT2D eigenvalue weighted by Crippen LogP contribution is 2.31. The highest BCUT2D eigenvalue weighted by molar-refractivity contribution is 5.95. The third kappa shape index (κ3) is 2.96. The Bertz CT molecular complexity index is 493. The van der Waals surface area contributed by atoms with E-state index in [1.165, 1.54) is 12.1 Å². The molecule has 1 heterocycles. The number of nitrogens with one attached hydrogen (secondary N) is 2. The van der Waals surface area contributed by atoms with Crippen molar-refractivity contribution in [3.05, 3.63) is 34.4 Å². The molecule has 1 fully saturated rings. The van der Waals surface area contributed by atoms with Crippen molar-refractivity contribution in [3.63, 3.8) is 0 Å². The van der Waals surface area contributed by atoms with Gasteiger partial charge >= 0.3 is 0 Å². The van der Waals surface area contributed by atoms with E-state index < -0.39 is 4.92 Å². The lowest BCUT2D eigenvalue weighted by molar-refractivity contribution is -0.384. The van der Waals surface area contributed by atoms with Gasteiger partial charge < -0.3 is 10.6 Å². The lowest BCUT2D eigenvalue weighted by Crippen LogP contribution is -2.47. The number of non-ortho nitro benzene ring substituents is 1. The molecule has 0 aliphatic carbocycles. The van der Waals surface area contributed by atoms with E-state index in [9.17, 15) is 14.9 Å². The van der Waals surface area contributed by atoms with Gasteiger partial charge in [-0.25, -0.2) is 0 Å². The molecule has 0 aromatic heterocycles. The predicted octanol–water partition coefficient (Wildman–Crippen LogP) is 2.31. The number of nitro benzene ring substituents is 1. The molecule has 1 unspecified atom stereocenters. The van der Waals surface area contributed by atoms with E-state index in [4.69, 9.17) is 0 Å². The number of carbonyl (C=O) groups is 1. The van der Waals surface area contributed by atoms with Crippen LogP contribution < -0.4 is 10.6 Å². The third-order valence-corrected chi connectivity index (χ3v) is 3.97. The fourth-order valence-electron chi connectivity index (χ4n) is 2.55. The minimum Gasteiger partial charge on any atom is -0.326 e. The van der Waals surface area contributed by atoms with Crippen LogP contribution in [0.25, 0.3) is 0 Å². The Kier molecular flexibility index (Phi) is 4.34. The van der Waals surface area contributed by atoms with Crippen LogP contribution in [0, 0.1) is 15.5 Å². The van der Waals surface area contributed by atoms with Gasteiger partial charge in [-0.05, 0) is 37.9 Å². The standard InChI is InChI=1S/C14H19N3O3/c1-2-14(8-3-9-15-10-14)13(18)16-11-4-6-12(7-5-11)17(19)20/h4-7,15H,2-3,8-10H2,1H3,(H,16,18). The normalized spacial score (nSPS) is 22.2. The number of anilines is 1. The zero-order chi connectivity index (χ0) is 14.6. The molecule has 0 radical (unpaired) electrons. The topological polar surface area (TPSA) is 84.3 Å². The monoisotopic (exact) mass is 277 g/mol. The Hall–Kier alpha value is -1.95. The molecular formula is C14H19N3O3. The number of nitrogens with zero attached hydrogens (tertiary/aromatic N) is 1. The molecule has 1 aromatic carbocycles. The van der Waals surface area contributed by atoms with E-state index >= 15 is 0 Å². The summed E-state index contributed by atoms with van der Waals surface area (Å²) in [6.45, 7) is 3.65. The van der Waals surface area contributed by atoms with Gasteiger partial charge in [0.25, 0.3) is 5.69 Å². The Morgan fingerprint density at radius 2 is 2.15 bits per heavy atom. The third-order valence-electron chi connectivity index (χ3n) is 3.97. The molecule has 1 aromatic rings. The van der Waals surface area contributed by atoms with Crippen molar-refractivity contribution >= 4 is 17.3 Å². The summed E-state index contributed by atoms with van der Waals surface area (Å²) in [5.41, 5.74) is 0.242. The van der Waals surface area contributed by atoms with Gasteiger partial charge in [0.15, 0.2) is 0 Å². The minimum absolute atomic E-state index is 0.0129. The number of piperidine rings is 1. The van der Waals surface area contributed by atoms with E-state index in [0.29, 0.717) is 12.2 Å². The number of rotatable bonds is 4. The number of nitro groups is 1. The lowest BCUT2D eigenvalue weighted by Gasteiger charge is -2.35. The number of hydrogen-bond acceptors (Lipinski definition) is 4. The second-order valence-corrected chi connectivity index (χ2v) is 5.17. The van der Waals surface area contributed by atoms with E-state index in [2.05, 4.69) is 10.6 Å². The van der Waals surface area contributed by atoms with Crippen molar-refractivity contribution in [3.8, 4) is 0 Å². The maximum atomic E-state index is 12.5. The van der Waals surface area contributed by atoms with Crippen molar-refractivity contribution in [2.45, 2.75) is 26.2 Å². The average Bonchev–Trinajstić information content (AvgIpc) is 2.48. The molecule has 6 nitrogen and oxygen atoms in total. The van der Waals surface area contributed by atoms with E-state index in [1.807, 2.05) is 6.92 Å². The molecule has 108 valence electrons. The van der Waals surface area contributed by atoms with Crippen LogP contribution >= 0.6 is 0 Å². The van der Waals surface area contributed by atoms with Crippen molar-refractivity contribution in [2.24, 2.45) is 5.41 Å². The van der Waals surface area contributed by atoms with Gasteiger partial charge in [0.2, 0.25) is 5.91 Å². The summed E-state index contributed by atoms with van der Waals surface area (Å²) in [6, 6.07) is 5.92. The Morgan fingerprint density at radius 3 is 2.65 bits per heavy atom. The van der Waals surface area contributed by atoms with Crippen molar-refractivity contribution in [2.75, 3.05) is 18.4 Å². The molecular weight excluding hydrogens is 258 g/mol. The fraction of sp³-hybridized carbons (Fsp3) is 0.500. The highest BCUT2D eigenvalue weighted by atomic mass is 16.6. The van der Waals surface area contributed by atoms with Crippen molar-refractivity contribution < 1.29 is 9.72 Å². The van der Waals surface area contributed by atoms with E-state index in [0.717, 1.165) is 25.8 Å². The van der Waals surface area contributed by atoms with E-state index in [1.54, 1.807) is 12.1 Å². The van der Waals surface area contributed by atoms with Crippen LogP contribution in [0.3, 0.4) is 0 Å². The molecule has 1 amide bonds. The molecule has 0 bridgehead atoms. The molecule has 20 heavy (non-hydrogen) atoms. The summed E-state index contributed by atoms with van der Waals surface area (Å²) in [7, 11) is 0. The second-order valence-electron chi connectivity index (χ2n) is 5.17. The van der Waals surface area contributed by atoms with Crippen molar-refractivity contribution in [1.29, 1.82) is 0 Å². The molecule has 0 saturated carbocycles. The Morgan fingerprint density at radius 1 is 1.45 bits per heavy atom. The number of benzene rings is 1. The maximum Gasteiger partial charge on any atom is 0.269 e. The number of carbonyl (C=O) groups excluding carboxylic acids is 1. The summed E-state index contributed by atoms with van der Waals surface area (Å²) < 4.78 is 0. The summed E-state index contributed by atoms with van der Waals surface area (Å²) in [5.74, 6) is -0.0129. The summed E-state index contributed by atoms with van der Waals surface area (Å²) in [6.07, 6.45) is 2.63. The second kappa shape index (κ2) is 6.00. The molecule has 0 spiro atoms. The highest BCUT2D eigenvalue weighted by Gasteiger charge is 2.37. The summed E-state index contributed by atoms with van der Waals surface area (Å²) in [4.78, 5) is 22.6. The zero-order valence-electron chi connectivity index (χ0n) is 11.5. The minimum atomic E-state index is -0.454. The quantitative estimate of drug-likeness (QED) is 0.653. The number of amides is 1. The van der Waals surface area contributed by atoms with Gasteiger partial charge in [0, 0.05) is 24.4 Å². The Balaban J connectivity index is 2.08. The van der Waals surface area contributed by atoms with Gasteiger partial charge in [-0.15, -0.1) is 0 Å². The van der Waals surface area contributed by atoms with Crippen LogP contribution in [0.1, 0.15) is 26.2 Å². The van der Waals surface area contributed by atoms with Crippen LogP contribution in [0.5, 0.6) is 0 Å². The molecule has 1 atom stereocenters. The van der Waals surface area contributed by atoms with Gasteiger partial charge in [0.05, 0.1) is 10.3 Å². The smallest absolute Gasteiger partial charge is 0.269 e. The zero-order valence-corrected chi connectivity index (χ0v) is 11.5. The molecule has 2 N–H and O–H groups in total. The van der Waals surface area contributed by atoms with Crippen LogP contribution in [0.4, 0.5) is 11.4 Å². The first-order valence-electron chi connectivity index (χ1n) is 6.84. The summed E-state index contributed by atoms with van der Waals surface area (Å²) >= 11 is 0. The van der Waals surface area contributed by atoms with Crippen molar-refractivity contribution in [1.82, 2.24) is 5.32 Å². The molecule has 1 saturated heterocycles. The first-order chi connectivity index (χ1) is 9.57. The van der Waals surface area contributed by atoms with Crippen LogP contribution in [0.15, 0.2) is 24.3 Å². The average molecular weight is 277 g/mol. The molecule has 2 rings (SSSR count). The van der Waals surface area contributed by atoms with Gasteiger partial charge in [-0.2, -0.15) is 0 Å². The van der Waals surface area contributed by atoms with Crippen LogP contribution in [0.2, 0.25) is 0 Å². The van der Waals surface area contributed by atoms with E-state index in [-0.39, 0.29) is 17.0 Å². The predicted molar refractivity (Wildman–Crippen MR) is 76.6 cm³/mol. The lowest BCUT2D eigenvalue weighted by atomic mass is 9.77. The Labute approximate surface area is 117 Å². The summed E-state index contributed by atoms with van der Waals surface area (Å²) in [5, 5.41) is 16.7. The fourth-order valence-corrected chi connectivity index (χ4v) is 2.55. The largest absolute Gasteiger partial charge is 0.326 e. The molecule has 1 aliphatic heterocycles. The first kappa shape index (κ1) is 14.5. The first-order valence-corrected chi connectivity index (χ1v) is 6.84. The van der Waals surface area contributed by atoms with Gasteiger partial charge in [-0.1, -0.05) is 6.92 Å². The molecule has 6 heteroatoms. The molecule has 1 aliphatic rings.